The Morgan fingerprint density at radius 2 is 1.94 bits per heavy atom. The molecule has 13 heteroatoms. The molecule has 0 saturated carbocycles. The van der Waals surface area contributed by atoms with Gasteiger partial charge in [0.1, 0.15) is 11.3 Å². The van der Waals surface area contributed by atoms with E-state index in [0.717, 1.165) is 0 Å². The highest BCUT2D eigenvalue weighted by Gasteiger charge is 2.39. The average molecular weight is 470 g/mol. The second-order valence-electron chi connectivity index (χ2n) is 7.78. The van der Waals surface area contributed by atoms with E-state index in [0.29, 0.717) is 12.5 Å². The number of carbonyl (C=O) groups is 4. The molecule has 0 radical (unpaired) electrons. The van der Waals surface area contributed by atoms with Crippen LogP contribution in [0.25, 0.3) is 0 Å². The van der Waals surface area contributed by atoms with E-state index in [2.05, 4.69) is 5.32 Å². The van der Waals surface area contributed by atoms with Crippen LogP contribution in [0.4, 0.5) is 8.78 Å². The lowest BCUT2D eigenvalue weighted by atomic mass is 9.72. The first-order valence-electron chi connectivity index (χ1n) is 10.0. The Kier molecular flexibility index (Phi) is 8.74. The summed E-state index contributed by atoms with van der Waals surface area (Å²) < 4.78 is 41.1. The third kappa shape index (κ3) is 8.01. The molecule has 1 aliphatic rings. The number of ether oxygens (including phenoxy) is 2. The minimum atomic E-state index is -3.20. The Morgan fingerprint density at radius 3 is 2.58 bits per heavy atom. The van der Waals surface area contributed by atoms with Crippen molar-refractivity contribution in [3.63, 3.8) is 0 Å². The van der Waals surface area contributed by atoms with Gasteiger partial charge in [0, 0.05) is 20.5 Å². The van der Waals surface area contributed by atoms with Crippen molar-refractivity contribution in [3.05, 3.63) is 29.3 Å². The molecule has 33 heavy (non-hydrogen) atoms. The topological polar surface area (TPSA) is 131 Å². The number of benzene rings is 1. The molecule has 0 unspecified atom stereocenters. The molecule has 1 heterocycles. The first-order valence-corrected chi connectivity index (χ1v) is 10.0. The van der Waals surface area contributed by atoms with Gasteiger partial charge >= 0.3 is 19.1 Å². The van der Waals surface area contributed by atoms with Crippen LogP contribution in [0.2, 0.25) is 0 Å². The van der Waals surface area contributed by atoms with Crippen molar-refractivity contribution in [1.29, 1.82) is 0 Å². The molecule has 0 saturated heterocycles. The van der Waals surface area contributed by atoms with E-state index in [-0.39, 0.29) is 36.5 Å². The second-order valence-corrected chi connectivity index (χ2v) is 7.78. The first-order chi connectivity index (χ1) is 15.4. The van der Waals surface area contributed by atoms with Crippen LogP contribution < -0.4 is 9.97 Å². The highest BCUT2D eigenvalue weighted by Crippen LogP contribution is 2.31. The molecule has 0 fully saturated rings. The Morgan fingerprint density at radius 1 is 1.24 bits per heavy atom. The van der Waals surface area contributed by atoms with E-state index in [4.69, 9.17) is 14.1 Å². The molecule has 10 nitrogen and oxygen atoms in total. The van der Waals surface area contributed by atoms with Crippen molar-refractivity contribution in [2.24, 2.45) is 0 Å². The predicted molar refractivity (Wildman–Crippen MR) is 110 cm³/mol. The number of esters is 2. The van der Waals surface area contributed by atoms with E-state index in [1.807, 2.05) is 0 Å². The maximum Gasteiger partial charge on any atom is 0.547 e. The van der Waals surface area contributed by atoms with E-state index in [1.54, 1.807) is 20.2 Å². The molecule has 2 amide bonds. The van der Waals surface area contributed by atoms with Gasteiger partial charge in [-0.1, -0.05) is 12.1 Å². The van der Waals surface area contributed by atoms with Crippen LogP contribution in [-0.2, 0) is 30.3 Å². The van der Waals surface area contributed by atoms with Gasteiger partial charge in [0.15, 0.2) is 0 Å². The standard InChI is InChI=1S/C20H25BF2N2O8/c1-20(22,23)10-15(26)24-14-9-12-5-4-6-13(18(12)33-21(14)30)19(29)32-11-31-17(28)8-7-16(27)25(2)3/h4-6,14,30H,7-11H2,1-3H3,(H,24,26)/t14-/m0/s1. The van der Waals surface area contributed by atoms with Gasteiger partial charge in [0.25, 0.3) is 5.92 Å². The number of halogens is 2. The van der Waals surface area contributed by atoms with Crippen LogP contribution in [0, 0.1) is 0 Å². The lowest BCUT2D eigenvalue weighted by molar-refractivity contribution is -0.153. The maximum absolute atomic E-state index is 13.0. The predicted octanol–water partition coefficient (Wildman–Crippen LogP) is 0.697. The van der Waals surface area contributed by atoms with Gasteiger partial charge in [-0.2, -0.15) is 0 Å². The van der Waals surface area contributed by atoms with E-state index in [9.17, 15) is 33.0 Å². The Balaban J connectivity index is 1.93. The fourth-order valence-electron chi connectivity index (χ4n) is 2.98. The fourth-order valence-corrected chi connectivity index (χ4v) is 2.98. The zero-order valence-electron chi connectivity index (χ0n) is 18.4. The summed E-state index contributed by atoms with van der Waals surface area (Å²) in [4.78, 5) is 48.6. The molecule has 1 aromatic rings. The van der Waals surface area contributed by atoms with Crippen LogP contribution in [0.1, 0.15) is 42.1 Å². The number of nitrogens with one attached hydrogen (secondary N) is 1. The fraction of sp³-hybridized carbons (Fsp3) is 0.500. The number of hydrogen-bond acceptors (Lipinski definition) is 8. The van der Waals surface area contributed by atoms with Crippen LogP contribution in [0.15, 0.2) is 18.2 Å². The monoisotopic (exact) mass is 470 g/mol. The Labute approximate surface area is 189 Å². The summed E-state index contributed by atoms with van der Waals surface area (Å²) in [5.41, 5.74) is 0.373. The summed E-state index contributed by atoms with van der Waals surface area (Å²) in [6.45, 7) is -0.0852. The van der Waals surface area contributed by atoms with Gasteiger partial charge in [0.05, 0.1) is 18.8 Å². The number of fused-ring (bicyclic) bond motifs is 1. The van der Waals surface area contributed by atoms with Gasteiger partial charge in [-0.3, -0.25) is 14.4 Å². The average Bonchev–Trinajstić information content (AvgIpc) is 2.70. The smallest absolute Gasteiger partial charge is 0.534 e. The molecule has 0 spiro atoms. The first kappa shape index (κ1) is 26.0. The molecule has 1 aliphatic heterocycles. The summed E-state index contributed by atoms with van der Waals surface area (Å²) in [6.07, 6.45) is -1.25. The lowest BCUT2D eigenvalue weighted by Crippen LogP contribution is -2.53. The highest BCUT2D eigenvalue weighted by molar-refractivity contribution is 6.47. The Bertz CT molecular complexity index is 907. The Hall–Kier alpha value is -3.22. The molecule has 2 N–H and O–H groups in total. The zero-order chi connectivity index (χ0) is 24.8. The zero-order valence-corrected chi connectivity index (χ0v) is 18.4. The van der Waals surface area contributed by atoms with Crippen LogP contribution in [0.3, 0.4) is 0 Å². The van der Waals surface area contributed by atoms with Gasteiger partial charge in [0.2, 0.25) is 18.6 Å². The summed E-state index contributed by atoms with van der Waals surface area (Å²) >= 11 is 0. The second kappa shape index (κ2) is 11.1. The summed E-state index contributed by atoms with van der Waals surface area (Å²) in [7, 11) is 1.51. The summed E-state index contributed by atoms with van der Waals surface area (Å²) in [5.74, 6) is -7.03. The van der Waals surface area contributed by atoms with Gasteiger partial charge in [-0.05, 0) is 25.0 Å². The molecule has 180 valence electrons. The highest BCUT2D eigenvalue weighted by atomic mass is 19.3. The van der Waals surface area contributed by atoms with Gasteiger partial charge in [-0.15, -0.1) is 0 Å². The van der Waals surface area contributed by atoms with Crippen LogP contribution >= 0.6 is 0 Å². The number of rotatable bonds is 9. The number of nitrogens with zero attached hydrogens (tertiary/aromatic N) is 1. The maximum atomic E-state index is 13.0. The number of alkyl halides is 2. The van der Waals surface area contributed by atoms with Crippen molar-refractivity contribution in [2.75, 3.05) is 20.9 Å². The van der Waals surface area contributed by atoms with Crippen molar-refractivity contribution >= 4 is 30.9 Å². The normalized spacial score (nSPS) is 15.1. The molecule has 2 rings (SSSR count). The molecular formula is C20H25BF2N2O8. The van der Waals surface area contributed by atoms with E-state index in [1.165, 1.54) is 17.0 Å². The van der Waals surface area contributed by atoms with Gasteiger partial charge in [-0.25, -0.2) is 13.6 Å². The molecule has 0 aliphatic carbocycles. The number of hydrogen-bond donors (Lipinski definition) is 2. The summed E-state index contributed by atoms with van der Waals surface area (Å²) in [6, 6.07) is 4.45. The van der Waals surface area contributed by atoms with E-state index < -0.39 is 50.0 Å². The largest absolute Gasteiger partial charge is 0.547 e. The van der Waals surface area contributed by atoms with Crippen molar-refractivity contribution in [2.45, 2.75) is 44.5 Å². The lowest BCUT2D eigenvalue weighted by Gasteiger charge is -2.29. The summed E-state index contributed by atoms with van der Waals surface area (Å²) in [5, 5.41) is 12.5. The molecule has 1 aromatic carbocycles. The minimum absolute atomic E-state index is 0.00391. The van der Waals surface area contributed by atoms with Crippen LogP contribution in [0.5, 0.6) is 5.75 Å². The van der Waals surface area contributed by atoms with Crippen molar-refractivity contribution in [1.82, 2.24) is 10.2 Å². The van der Waals surface area contributed by atoms with Crippen molar-refractivity contribution < 1.29 is 47.1 Å². The third-order valence-corrected chi connectivity index (χ3v) is 4.61. The number of carbonyl (C=O) groups excluding carboxylic acids is 4. The van der Waals surface area contributed by atoms with E-state index >= 15 is 0 Å². The van der Waals surface area contributed by atoms with Gasteiger partial charge < -0.3 is 29.4 Å². The van der Waals surface area contributed by atoms with Crippen molar-refractivity contribution in [3.8, 4) is 5.75 Å². The molecule has 1 atom stereocenters. The third-order valence-electron chi connectivity index (χ3n) is 4.61. The SMILES string of the molecule is CN(C)C(=O)CCC(=O)OCOC(=O)c1cccc2c1OB(O)[C@@H](NC(=O)CC(C)(F)F)C2. The number of para-hydroxylation sites is 1. The number of amides is 2. The minimum Gasteiger partial charge on any atom is -0.534 e. The molecule has 0 aromatic heterocycles. The molecular weight excluding hydrogens is 445 g/mol. The van der Waals surface area contributed by atoms with Crippen LogP contribution in [-0.4, -0.2) is 73.5 Å². The quantitative estimate of drug-likeness (QED) is 0.306. The molecule has 0 bridgehead atoms.